The molecule has 0 saturated heterocycles. The molecule has 0 aromatic carbocycles. The third-order valence-corrected chi connectivity index (χ3v) is 2.21. The maximum atomic E-state index is 8.90. The molecule has 13 heavy (non-hydrogen) atoms. The van der Waals surface area contributed by atoms with E-state index in [9.17, 15) is 0 Å². The Labute approximate surface area is 81.9 Å². The van der Waals surface area contributed by atoms with Crippen LogP contribution >= 0.6 is 0 Å². The molecule has 0 N–H and O–H groups in total. The third-order valence-electron chi connectivity index (χ3n) is 2.21. The Balaban J connectivity index is 3.65. The van der Waals surface area contributed by atoms with Crippen molar-refractivity contribution < 1.29 is 4.74 Å². The van der Waals surface area contributed by atoms with E-state index in [2.05, 4.69) is 13.0 Å². The van der Waals surface area contributed by atoms with Gasteiger partial charge in [-0.1, -0.05) is 26.2 Å². The topological polar surface area (TPSA) is 33.0 Å². The first kappa shape index (κ1) is 12.4. The van der Waals surface area contributed by atoms with Crippen LogP contribution in [0.5, 0.6) is 0 Å². The summed E-state index contributed by atoms with van der Waals surface area (Å²) in [6.45, 7) is 6.62. The minimum atomic E-state index is -0.553. The number of hydrogen-bond acceptors (Lipinski definition) is 2. The van der Waals surface area contributed by atoms with Gasteiger partial charge in [0.1, 0.15) is 0 Å². The number of nitriles is 1. The van der Waals surface area contributed by atoms with Crippen LogP contribution in [0.25, 0.3) is 0 Å². The molecule has 1 atom stereocenters. The fourth-order valence-electron chi connectivity index (χ4n) is 1.37. The lowest BCUT2D eigenvalue weighted by molar-refractivity contribution is 0.0117. The zero-order chi connectivity index (χ0) is 10.2. The van der Waals surface area contributed by atoms with Gasteiger partial charge in [0.15, 0.2) is 5.60 Å². The molecule has 0 aromatic heterocycles. The highest BCUT2D eigenvalue weighted by Gasteiger charge is 2.22. The summed E-state index contributed by atoms with van der Waals surface area (Å²) in [5, 5.41) is 8.90. The van der Waals surface area contributed by atoms with Crippen molar-refractivity contribution in [3.05, 3.63) is 0 Å². The average molecular weight is 183 g/mol. The molecule has 0 spiro atoms. The van der Waals surface area contributed by atoms with E-state index in [-0.39, 0.29) is 0 Å². The Bertz CT molecular complexity index is 162. The molecule has 0 fully saturated rings. The molecule has 76 valence electrons. The molecule has 0 radical (unpaired) electrons. The summed E-state index contributed by atoms with van der Waals surface area (Å²) in [5.74, 6) is 0. The molecule has 0 aliphatic heterocycles. The number of rotatable bonds is 7. The van der Waals surface area contributed by atoms with Crippen LogP contribution in [-0.2, 0) is 4.74 Å². The van der Waals surface area contributed by atoms with Crippen LogP contribution in [0.1, 0.15) is 52.9 Å². The number of nitrogens with zero attached hydrogens (tertiary/aromatic N) is 1. The highest BCUT2D eigenvalue weighted by Crippen LogP contribution is 2.18. The van der Waals surface area contributed by atoms with Crippen molar-refractivity contribution in [3.8, 4) is 6.07 Å². The molecule has 2 nitrogen and oxygen atoms in total. The normalized spacial score (nSPS) is 14.9. The Morgan fingerprint density at radius 2 is 1.92 bits per heavy atom. The van der Waals surface area contributed by atoms with Crippen LogP contribution in [-0.4, -0.2) is 12.2 Å². The number of unbranched alkanes of at least 4 members (excludes halogenated alkanes) is 3. The van der Waals surface area contributed by atoms with Gasteiger partial charge >= 0.3 is 0 Å². The zero-order valence-electron chi connectivity index (χ0n) is 9.10. The SMILES string of the molecule is CCCCCCC(C)(C#N)OCC. The van der Waals surface area contributed by atoms with Gasteiger partial charge in [0.05, 0.1) is 6.07 Å². The van der Waals surface area contributed by atoms with E-state index in [1.165, 1.54) is 19.3 Å². The lowest BCUT2D eigenvalue weighted by Gasteiger charge is -2.21. The molecule has 0 aliphatic rings. The molecule has 0 saturated carbocycles. The molecular weight excluding hydrogens is 162 g/mol. The van der Waals surface area contributed by atoms with Crippen LogP contribution in [0.3, 0.4) is 0 Å². The summed E-state index contributed by atoms with van der Waals surface area (Å²) in [4.78, 5) is 0. The first-order valence-electron chi connectivity index (χ1n) is 5.23. The van der Waals surface area contributed by atoms with Crippen LogP contribution in [0, 0.1) is 11.3 Å². The summed E-state index contributed by atoms with van der Waals surface area (Å²) in [5.41, 5.74) is -0.553. The second kappa shape index (κ2) is 6.91. The van der Waals surface area contributed by atoms with E-state index in [1.807, 2.05) is 13.8 Å². The number of hydrogen-bond donors (Lipinski definition) is 0. The van der Waals surface area contributed by atoms with E-state index in [4.69, 9.17) is 10.00 Å². The van der Waals surface area contributed by atoms with Crippen molar-refractivity contribution in [2.24, 2.45) is 0 Å². The minimum absolute atomic E-state index is 0.553. The van der Waals surface area contributed by atoms with Crippen LogP contribution in [0.15, 0.2) is 0 Å². The third kappa shape index (κ3) is 5.65. The molecular formula is C11H21NO. The monoisotopic (exact) mass is 183 g/mol. The van der Waals surface area contributed by atoms with Crippen LogP contribution in [0.2, 0.25) is 0 Å². The van der Waals surface area contributed by atoms with E-state index in [0.29, 0.717) is 6.61 Å². The van der Waals surface area contributed by atoms with Gasteiger partial charge < -0.3 is 4.74 Å². The van der Waals surface area contributed by atoms with Gasteiger partial charge in [-0.05, 0) is 26.7 Å². The predicted octanol–water partition coefficient (Wildman–Crippen LogP) is 3.28. The predicted molar refractivity (Wildman–Crippen MR) is 54.4 cm³/mol. The highest BCUT2D eigenvalue weighted by molar-refractivity contribution is 4.97. The highest BCUT2D eigenvalue weighted by atomic mass is 16.5. The Hall–Kier alpha value is -0.550. The van der Waals surface area contributed by atoms with E-state index < -0.39 is 5.60 Å². The van der Waals surface area contributed by atoms with Gasteiger partial charge in [-0.3, -0.25) is 0 Å². The quantitative estimate of drug-likeness (QED) is 0.567. The van der Waals surface area contributed by atoms with E-state index >= 15 is 0 Å². The average Bonchev–Trinajstić information content (AvgIpc) is 2.13. The van der Waals surface area contributed by atoms with Gasteiger partial charge in [0, 0.05) is 6.61 Å². The second-order valence-corrected chi connectivity index (χ2v) is 3.59. The first-order valence-corrected chi connectivity index (χ1v) is 5.23. The molecule has 1 unspecified atom stereocenters. The summed E-state index contributed by atoms with van der Waals surface area (Å²) in [6.07, 6.45) is 5.65. The summed E-state index contributed by atoms with van der Waals surface area (Å²) < 4.78 is 5.40. The van der Waals surface area contributed by atoms with Crippen molar-refractivity contribution >= 4 is 0 Å². The van der Waals surface area contributed by atoms with Gasteiger partial charge in [0.25, 0.3) is 0 Å². The molecule has 0 rings (SSSR count). The maximum Gasteiger partial charge on any atom is 0.151 e. The lowest BCUT2D eigenvalue weighted by Crippen LogP contribution is -2.26. The zero-order valence-corrected chi connectivity index (χ0v) is 9.10. The second-order valence-electron chi connectivity index (χ2n) is 3.59. The van der Waals surface area contributed by atoms with Crippen LogP contribution < -0.4 is 0 Å². The van der Waals surface area contributed by atoms with Crippen molar-refractivity contribution in [3.63, 3.8) is 0 Å². The van der Waals surface area contributed by atoms with Crippen molar-refractivity contribution in [2.75, 3.05) is 6.61 Å². The summed E-state index contributed by atoms with van der Waals surface area (Å²) >= 11 is 0. The summed E-state index contributed by atoms with van der Waals surface area (Å²) in [7, 11) is 0. The van der Waals surface area contributed by atoms with Crippen LogP contribution in [0.4, 0.5) is 0 Å². The Kier molecular flexibility index (Phi) is 6.62. The minimum Gasteiger partial charge on any atom is -0.361 e. The molecule has 0 amide bonds. The van der Waals surface area contributed by atoms with Crippen molar-refractivity contribution in [2.45, 2.75) is 58.5 Å². The van der Waals surface area contributed by atoms with Gasteiger partial charge in [-0.25, -0.2) is 0 Å². The fraction of sp³-hybridized carbons (Fsp3) is 0.909. The smallest absolute Gasteiger partial charge is 0.151 e. The van der Waals surface area contributed by atoms with E-state index in [0.717, 1.165) is 12.8 Å². The molecule has 0 bridgehead atoms. The molecule has 0 aliphatic carbocycles. The summed E-state index contributed by atoms with van der Waals surface area (Å²) in [6, 6.07) is 2.23. The first-order chi connectivity index (χ1) is 6.18. The molecule has 0 heterocycles. The van der Waals surface area contributed by atoms with E-state index in [1.54, 1.807) is 0 Å². The fourth-order valence-corrected chi connectivity index (χ4v) is 1.37. The maximum absolute atomic E-state index is 8.90. The van der Waals surface area contributed by atoms with Crippen molar-refractivity contribution in [1.82, 2.24) is 0 Å². The Morgan fingerprint density at radius 3 is 2.38 bits per heavy atom. The van der Waals surface area contributed by atoms with Gasteiger partial charge in [-0.15, -0.1) is 0 Å². The van der Waals surface area contributed by atoms with Gasteiger partial charge in [-0.2, -0.15) is 5.26 Å². The molecule has 0 aromatic rings. The standard InChI is InChI=1S/C11H21NO/c1-4-6-7-8-9-11(3,10-12)13-5-2/h4-9H2,1-3H3. The van der Waals surface area contributed by atoms with Crippen molar-refractivity contribution in [1.29, 1.82) is 5.26 Å². The van der Waals surface area contributed by atoms with Gasteiger partial charge in [0.2, 0.25) is 0 Å². The number of ether oxygens (including phenoxy) is 1. The molecule has 2 heteroatoms. The lowest BCUT2D eigenvalue weighted by atomic mass is 9.99. The largest absolute Gasteiger partial charge is 0.361 e. The Morgan fingerprint density at radius 1 is 1.23 bits per heavy atom.